The van der Waals surface area contributed by atoms with E-state index in [9.17, 15) is 9.59 Å². The highest BCUT2D eigenvalue weighted by atomic mass is 16.6. The first-order valence-electron chi connectivity index (χ1n) is 7.38. The van der Waals surface area contributed by atoms with Crippen molar-refractivity contribution in [2.75, 3.05) is 13.2 Å². The molecule has 1 unspecified atom stereocenters. The van der Waals surface area contributed by atoms with Crippen molar-refractivity contribution in [3.05, 3.63) is 12.2 Å². The minimum Gasteiger partial charge on any atom is -0.463 e. The maximum atomic E-state index is 11.4. The van der Waals surface area contributed by atoms with Crippen LogP contribution in [0.2, 0.25) is 0 Å². The SMILES string of the molecule is CC=CC(=O)OCC(=O)OCCC1CCCC(C)(C)C1. The lowest BCUT2D eigenvalue weighted by Gasteiger charge is -2.35. The first-order chi connectivity index (χ1) is 9.43. The van der Waals surface area contributed by atoms with Crippen LogP contribution in [0, 0.1) is 11.3 Å². The fourth-order valence-corrected chi connectivity index (χ4v) is 2.80. The molecule has 1 aliphatic carbocycles. The minimum absolute atomic E-state index is 0.306. The number of ether oxygens (including phenoxy) is 2. The molecule has 0 N–H and O–H groups in total. The molecule has 1 aliphatic rings. The van der Waals surface area contributed by atoms with E-state index in [0.717, 1.165) is 6.42 Å². The zero-order valence-corrected chi connectivity index (χ0v) is 12.8. The summed E-state index contributed by atoms with van der Waals surface area (Å²) in [6, 6.07) is 0. The van der Waals surface area contributed by atoms with Crippen LogP contribution in [-0.2, 0) is 19.1 Å². The highest BCUT2D eigenvalue weighted by Crippen LogP contribution is 2.39. The summed E-state index contributed by atoms with van der Waals surface area (Å²) in [6.07, 6.45) is 8.70. The van der Waals surface area contributed by atoms with Gasteiger partial charge in [0.15, 0.2) is 6.61 Å². The fraction of sp³-hybridized carbons (Fsp3) is 0.750. The van der Waals surface area contributed by atoms with Crippen molar-refractivity contribution in [1.29, 1.82) is 0 Å². The van der Waals surface area contributed by atoms with Gasteiger partial charge >= 0.3 is 11.9 Å². The predicted octanol–water partition coefficient (Wildman–Crippen LogP) is 3.26. The van der Waals surface area contributed by atoms with Gasteiger partial charge in [0.2, 0.25) is 0 Å². The molecule has 0 spiro atoms. The average Bonchev–Trinajstić information content (AvgIpc) is 2.35. The lowest BCUT2D eigenvalue weighted by molar-refractivity contribution is -0.156. The maximum Gasteiger partial charge on any atom is 0.344 e. The number of hydrogen-bond donors (Lipinski definition) is 0. The molecule has 0 bridgehead atoms. The number of carbonyl (C=O) groups excluding carboxylic acids is 2. The number of rotatable bonds is 6. The van der Waals surface area contributed by atoms with E-state index in [1.165, 1.54) is 31.8 Å². The quantitative estimate of drug-likeness (QED) is 0.554. The van der Waals surface area contributed by atoms with Crippen LogP contribution in [0.25, 0.3) is 0 Å². The summed E-state index contributed by atoms with van der Waals surface area (Å²) in [5.74, 6) is -0.353. The Hall–Kier alpha value is -1.32. The molecule has 4 heteroatoms. The van der Waals surface area contributed by atoms with Gasteiger partial charge in [-0.3, -0.25) is 0 Å². The predicted molar refractivity (Wildman–Crippen MR) is 77.1 cm³/mol. The summed E-state index contributed by atoms with van der Waals surface area (Å²) < 4.78 is 9.82. The largest absolute Gasteiger partial charge is 0.463 e. The van der Waals surface area contributed by atoms with E-state index in [2.05, 4.69) is 13.8 Å². The van der Waals surface area contributed by atoms with E-state index in [1.54, 1.807) is 13.0 Å². The number of allylic oxidation sites excluding steroid dienone is 1. The van der Waals surface area contributed by atoms with Crippen molar-refractivity contribution in [1.82, 2.24) is 0 Å². The van der Waals surface area contributed by atoms with Crippen molar-refractivity contribution in [2.45, 2.75) is 52.9 Å². The molecule has 20 heavy (non-hydrogen) atoms. The zero-order chi connectivity index (χ0) is 15.0. The molecule has 0 saturated heterocycles. The Morgan fingerprint density at radius 3 is 2.70 bits per heavy atom. The zero-order valence-electron chi connectivity index (χ0n) is 12.8. The van der Waals surface area contributed by atoms with Gasteiger partial charge in [0, 0.05) is 6.08 Å². The molecule has 0 aromatic carbocycles. The van der Waals surface area contributed by atoms with Gasteiger partial charge in [-0.05, 0) is 37.5 Å². The average molecular weight is 282 g/mol. The summed E-state index contributed by atoms with van der Waals surface area (Å²) in [6.45, 7) is 6.42. The molecule has 114 valence electrons. The summed E-state index contributed by atoms with van der Waals surface area (Å²) in [4.78, 5) is 22.4. The Labute approximate surface area is 121 Å². The van der Waals surface area contributed by atoms with Crippen molar-refractivity contribution >= 4 is 11.9 Å². The second-order valence-electron chi connectivity index (χ2n) is 6.24. The molecule has 4 nitrogen and oxygen atoms in total. The third kappa shape index (κ3) is 6.73. The van der Waals surface area contributed by atoms with Gasteiger partial charge in [0.1, 0.15) is 0 Å². The lowest BCUT2D eigenvalue weighted by Crippen LogP contribution is -2.24. The normalized spacial score (nSPS) is 21.6. The molecule has 1 fully saturated rings. The Balaban J connectivity index is 2.14. The maximum absolute atomic E-state index is 11.4. The molecule has 0 aliphatic heterocycles. The van der Waals surface area contributed by atoms with E-state index < -0.39 is 11.9 Å². The smallest absolute Gasteiger partial charge is 0.344 e. The first kappa shape index (κ1) is 16.7. The molecule has 0 aromatic heterocycles. The summed E-state index contributed by atoms with van der Waals surface area (Å²) >= 11 is 0. The minimum atomic E-state index is -0.515. The topological polar surface area (TPSA) is 52.6 Å². The van der Waals surface area contributed by atoms with Crippen molar-refractivity contribution in [3.8, 4) is 0 Å². The van der Waals surface area contributed by atoms with Crippen LogP contribution in [0.5, 0.6) is 0 Å². The van der Waals surface area contributed by atoms with Gasteiger partial charge in [0.25, 0.3) is 0 Å². The first-order valence-corrected chi connectivity index (χ1v) is 7.38. The fourth-order valence-electron chi connectivity index (χ4n) is 2.80. The lowest BCUT2D eigenvalue weighted by atomic mass is 9.71. The molecule has 1 rings (SSSR count). The second kappa shape index (κ2) is 8.08. The summed E-state index contributed by atoms with van der Waals surface area (Å²) in [5, 5.41) is 0. The second-order valence-corrected chi connectivity index (χ2v) is 6.24. The van der Waals surface area contributed by atoms with Crippen molar-refractivity contribution in [3.63, 3.8) is 0 Å². The molecule has 0 radical (unpaired) electrons. The molecule has 1 atom stereocenters. The van der Waals surface area contributed by atoms with Crippen molar-refractivity contribution in [2.24, 2.45) is 11.3 Å². The molecular weight excluding hydrogens is 256 g/mol. The van der Waals surface area contributed by atoms with Crippen LogP contribution in [0.3, 0.4) is 0 Å². The van der Waals surface area contributed by atoms with Crippen LogP contribution < -0.4 is 0 Å². The van der Waals surface area contributed by atoms with Crippen LogP contribution in [0.1, 0.15) is 52.9 Å². The number of hydrogen-bond acceptors (Lipinski definition) is 4. The van der Waals surface area contributed by atoms with E-state index >= 15 is 0 Å². The van der Waals surface area contributed by atoms with E-state index in [1.807, 2.05) is 0 Å². The van der Waals surface area contributed by atoms with E-state index in [0.29, 0.717) is 17.9 Å². The number of esters is 2. The van der Waals surface area contributed by atoms with Crippen LogP contribution in [0.15, 0.2) is 12.2 Å². The van der Waals surface area contributed by atoms with Gasteiger partial charge in [-0.1, -0.05) is 32.8 Å². The summed E-state index contributed by atoms with van der Waals surface area (Å²) in [7, 11) is 0. The Morgan fingerprint density at radius 1 is 1.30 bits per heavy atom. The third-order valence-corrected chi connectivity index (χ3v) is 3.73. The molecule has 0 aromatic rings. The highest BCUT2D eigenvalue weighted by molar-refractivity contribution is 5.84. The Bertz CT molecular complexity index is 357. The van der Waals surface area contributed by atoms with Gasteiger partial charge in [-0.2, -0.15) is 0 Å². The van der Waals surface area contributed by atoms with Gasteiger partial charge < -0.3 is 9.47 Å². The van der Waals surface area contributed by atoms with Gasteiger partial charge in [0.05, 0.1) is 6.61 Å². The van der Waals surface area contributed by atoms with Crippen LogP contribution >= 0.6 is 0 Å². The monoisotopic (exact) mass is 282 g/mol. The molecule has 0 amide bonds. The Morgan fingerprint density at radius 2 is 2.05 bits per heavy atom. The van der Waals surface area contributed by atoms with Crippen molar-refractivity contribution < 1.29 is 19.1 Å². The number of carbonyl (C=O) groups is 2. The van der Waals surface area contributed by atoms with Gasteiger partial charge in [-0.15, -0.1) is 0 Å². The molecule has 1 saturated carbocycles. The third-order valence-electron chi connectivity index (χ3n) is 3.73. The van der Waals surface area contributed by atoms with E-state index in [4.69, 9.17) is 9.47 Å². The molecule has 0 heterocycles. The van der Waals surface area contributed by atoms with E-state index in [-0.39, 0.29) is 6.61 Å². The standard InChI is InChI=1S/C16H26O4/c1-4-6-14(17)20-12-15(18)19-10-8-13-7-5-9-16(2,3)11-13/h4,6,13H,5,7-12H2,1-3H3. The van der Waals surface area contributed by atoms with Crippen LogP contribution in [-0.4, -0.2) is 25.2 Å². The highest BCUT2D eigenvalue weighted by Gasteiger charge is 2.27. The molecular formula is C16H26O4. The van der Waals surface area contributed by atoms with Gasteiger partial charge in [-0.25, -0.2) is 9.59 Å². The summed E-state index contributed by atoms with van der Waals surface area (Å²) in [5.41, 5.74) is 0.412. The Kier molecular flexibility index (Phi) is 6.76. The van der Waals surface area contributed by atoms with Crippen LogP contribution in [0.4, 0.5) is 0 Å².